The van der Waals surface area contributed by atoms with Crippen LogP contribution in [0.15, 0.2) is 71.3 Å². The Labute approximate surface area is 196 Å². The number of para-hydroxylation sites is 2. The number of hydrogen-bond donors (Lipinski definition) is 1. The number of nitrogens with zero attached hydrogens (tertiary/aromatic N) is 3. The Bertz CT molecular complexity index is 1540. The maximum absolute atomic E-state index is 13.4. The maximum Gasteiger partial charge on any atom is 0.289 e. The summed E-state index contributed by atoms with van der Waals surface area (Å²) in [6.45, 7) is 3.05. The van der Waals surface area contributed by atoms with E-state index in [1.165, 1.54) is 6.26 Å². The van der Waals surface area contributed by atoms with E-state index in [0.29, 0.717) is 31.7 Å². The van der Waals surface area contributed by atoms with Crippen molar-refractivity contribution in [2.75, 3.05) is 18.4 Å². The summed E-state index contributed by atoms with van der Waals surface area (Å²) in [4.78, 5) is 32.5. The Morgan fingerprint density at radius 2 is 1.71 bits per heavy atom. The van der Waals surface area contributed by atoms with Gasteiger partial charge in [-0.05, 0) is 44.0 Å². The molecular weight excluding hydrogens is 428 g/mol. The minimum absolute atomic E-state index is 0.0121. The lowest BCUT2D eigenvalue weighted by atomic mass is 9.95. The van der Waals surface area contributed by atoms with Crippen molar-refractivity contribution in [3.63, 3.8) is 0 Å². The first-order chi connectivity index (χ1) is 16.6. The summed E-state index contributed by atoms with van der Waals surface area (Å²) < 4.78 is 7.36. The smallest absolute Gasteiger partial charge is 0.289 e. The average Bonchev–Trinajstić information content (AvgIpc) is 3.52. The largest absolute Gasteiger partial charge is 0.459 e. The molecule has 7 nitrogen and oxygen atoms in total. The van der Waals surface area contributed by atoms with Crippen molar-refractivity contribution >= 4 is 44.8 Å². The fourth-order valence-corrected chi connectivity index (χ4v) is 5.08. The number of rotatable bonds is 3. The normalized spacial score (nSPS) is 14.8. The molecule has 0 spiro atoms. The van der Waals surface area contributed by atoms with Crippen LogP contribution in [-0.4, -0.2) is 39.2 Å². The van der Waals surface area contributed by atoms with E-state index in [0.717, 1.165) is 38.8 Å². The van der Waals surface area contributed by atoms with Gasteiger partial charge in [0, 0.05) is 29.8 Å². The zero-order chi connectivity index (χ0) is 23.2. The molecule has 0 unspecified atom stereocenters. The Hall–Kier alpha value is -4.13. The first-order valence-electron chi connectivity index (χ1n) is 11.5. The molecule has 5 aromatic rings. The van der Waals surface area contributed by atoms with Crippen LogP contribution in [0.2, 0.25) is 0 Å². The Balaban J connectivity index is 1.33. The second-order valence-corrected chi connectivity index (χ2v) is 8.79. The van der Waals surface area contributed by atoms with Crippen molar-refractivity contribution in [3.8, 4) is 0 Å². The lowest BCUT2D eigenvalue weighted by molar-refractivity contribution is -0.121. The predicted octanol–water partition coefficient (Wildman–Crippen LogP) is 5.03. The Morgan fingerprint density at radius 1 is 0.971 bits per heavy atom. The molecule has 7 heteroatoms. The molecule has 1 N–H and O–H groups in total. The number of benzene rings is 2. The number of fused-ring (bicyclic) bond motifs is 5. The van der Waals surface area contributed by atoms with Gasteiger partial charge < -0.3 is 14.6 Å². The molecular formula is C27H24N4O3. The van der Waals surface area contributed by atoms with E-state index in [9.17, 15) is 9.59 Å². The molecule has 0 atom stereocenters. The van der Waals surface area contributed by atoms with E-state index in [4.69, 9.17) is 9.40 Å². The number of amides is 2. The van der Waals surface area contributed by atoms with Gasteiger partial charge in [0.2, 0.25) is 5.91 Å². The van der Waals surface area contributed by atoms with Crippen molar-refractivity contribution in [1.29, 1.82) is 0 Å². The maximum atomic E-state index is 13.4. The van der Waals surface area contributed by atoms with Crippen molar-refractivity contribution in [3.05, 3.63) is 78.5 Å². The van der Waals surface area contributed by atoms with E-state index in [2.05, 4.69) is 15.8 Å². The van der Waals surface area contributed by atoms with Crippen LogP contribution in [0.4, 0.5) is 5.69 Å². The molecule has 1 saturated heterocycles. The third kappa shape index (κ3) is 3.23. The van der Waals surface area contributed by atoms with Crippen LogP contribution in [-0.2, 0) is 4.79 Å². The molecule has 3 aromatic heterocycles. The molecule has 2 amide bonds. The summed E-state index contributed by atoms with van der Waals surface area (Å²) in [6, 6.07) is 19.5. The third-order valence-electron chi connectivity index (χ3n) is 6.77. The molecule has 1 aliphatic rings. The first-order valence-corrected chi connectivity index (χ1v) is 11.5. The molecule has 1 fully saturated rings. The highest BCUT2D eigenvalue weighted by Gasteiger charge is 2.30. The summed E-state index contributed by atoms with van der Waals surface area (Å²) in [6.07, 6.45) is 2.73. The van der Waals surface area contributed by atoms with Gasteiger partial charge in [0.25, 0.3) is 5.91 Å². The first kappa shape index (κ1) is 20.5. The second-order valence-electron chi connectivity index (χ2n) is 8.79. The average molecular weight is 453 g/mol. The van der Waals surface area contributed by atoms with Crippen LogP contribution in [0.25, 0.3) is 27.3 Å². The molecule has 170 valence electrons. The van der Waals surface area contributed by atoms with Gasteiger partial charge in [0.15, 0.2) is 5.76 Å². The fourth-order valence-electron chi connectivity index (χ4n) is 5.08. The molecule has 0 aliphatic carbocycles. The number of aryl methyl sites for hydroxylation is 1. The summed E-state index contributed by atoms with van der Waals surface area (Å²) in [5.41, 5.74) is 3.69. The van der Waals surface area contributed by atoms with Crippen LogP contribution in [0.5, 0.6) is 0 Å². The van der Waals surface area contributed by atoms with Crippen LogP contribution >= 0.6 is 0 Å². The van der Waals surface area contributed by atoms with Gasteiger partial charge in [-0.1, -0.05) is 36.4 Å². The Kier molecular flexibility index (Phi) is 4.83. The van der Waals surface area contributed by atoms with Crippen LogP contribution in [0.3, 0.4) is 0 Å². The van der Waals surface area contributed by atoms with Gasteiger partial charge in [0.05, 0.1) is 28.5 Å². The number of nitrogens with one attached hydrogen (secondary N) is 1. The number of furan rings is 1. The highest BCUT2D eigenvalue weighted by atomic mass is 16.3. The van der Waals surface area contributed by atoms with Crippen molar-refractivity contribution < 1.29 is 14.0 Å². The number of piperidine rings is 1. The van der Waals surface area contributed by atoms with Crippen LogP contribution < -0.4 is 5.32 Å². The van der Waals surface area contributed by atoms with Crippen molar-refractivity contribution in [1.82, 2.24) is 14.3 Å². The predicted molar refractivity (Wildman–Crippen MR) is 131 cm³/mol. The summed E-state index contributed by atoms with van der Waals surface area (Å²) in [5, 5.41) is 5.25. The number of hydrogen-bond acceptors (Lipinski definition) is 4. The lowest BCUT2D eigenvalue weighted by Crippen LogP contribution is -2.41. The standard InChI is InChI=1S/C27H24N4O3/c1-17-28-21-9-4-2-7-19(21)25-24(20-8-3-5-10-22(20)31(17)25)29-26(32)18-12-14-30(15-13-18)27(33)23-11-6-16-34-23/h2-11,16,18H,12-15H2,1H3,(H,29,32). The molecule has 0 bridgehead atoms. The summed E-state index contributed by atoms with van der Waals surface area (Å²) in [5.74, 6) is 0.911. The summed E-state index contributed by atoms with van der Waals surface area (Å²) >= 11 is 0. The monoisotopic (exact) mass is 452 g/mol. The number of anilines is 1. The molecule has 1 aliphatic heterocycles. The number of carbonyl (C=O) groups excluding carboxylic acids is 2. The molecule has 6 rings (SSSR count). The minimum Gasteiger partial charge on any atom is -0.459 e. The second kappa shape index (κ2) is 8.02. The van der Waals surface area contributed by atoms with Gasteiger partial charge in [-0.2, -0.15) is 0 Å². The van der Waals surface area contributed by atoms with Crippen LogP contribution in [0.1, 0.15) is 29.2 Å². The topological polar surface area (TPSA) is 79.8 Å². The van der Waals surface area contributed by atoms with E-state index in [1.807, 2.05) is 49.4 Å². The van der Waals surface area contributed by atoms with Crippen molar-refractivity contribution in [2.45, 2.75) is 19.8 Å². The van der Waals surface area contributed by atoms with E-state index >= 15 is 0 Å². The highest BCUT2D eigenvalue weighted by molar-refractivity contribution is 6.16. The van der Waals surface area contributed by atoms with Gasteiger partial charge in [-0.15, -0.1) is 0 Å². The van der Waals surface area contributed by atoms with Gasteiger partial charge >= 0.3 is 0 Å². The van der Waals surface area contributed by atoms with Gasteiger partial charge in [0.1, 0.15) is 5.82 Å². The lowest BCUT2D eigenvalue weighted by Gasteiger charge is -2.30. The van der Waals surface area contributed by atoms with Crippen LogP contribution in [0, 0.1) is 12.8 Å². The molecule has 4 heterocycles. The Morgan fingerprint density at radius 3 is 2.47 bits per heavy atom. The highest BCUT2D eigenvalue weighted by Crippen LogP contribution is 2.37. The molecule has 34 heavy (non-hydrogen) atoms. The van der Waals surface area contributed by atoms with Gasteiger partial charge in [-0.25, -0.2) is 4.98 Å². The van der Waals surface area contributed by atoms with E-state index < -0.39 is 0 Å². The number of aromatic nitrogens is 2. The van der Waals surface area contributed by atoms with E-state index in [1.54, 1.807) is 17.0 Å². The number of carbonyl (C=O) groups is 2. The van der Waals surface area contributed by atoms with E-state index in [-0.39, 0.29) is 17.7 Å². The third-order valence-corrected chi connectivity index (χ3v) is 6.77. The SMILES string of the molecule is Cc1nc2ccccc2c2c(NC(=O)C3CCN(C(=O)c4ccco4)CC3)c3ccccc3n12. The zero-order valence-electron chi connectivity index (χ0n) is 18.8. The summed E-state index contributed by atoms with van der Waals surface area (Å²) in [7, 11) is 0. The quantitative estimate of drug-likeness (QED) is 0.416. The van der Waals surface area contributed by atoms with Gasteiger partial charge in [-0.3, -0.25) is 14.0 Å². The number of likely N-dealkylation sites (tertiary alicyclic amines) is 1. The molecule has 2 aromatic carbocycles. The zero-order valence-corrected chi connectivity index (χ0v) is 18.8. The van der Waals surface area contributed by atoms with Crippen molar-refractivity contribution in [2.24, 2.45) is 5.92 Å². The molecule has 0 radical (unpaired) electrons. The fraction of sp³-hybridized carbons (Fsp3) is 0.222. The molecule has 0 saturated carbocycles. The minimum atomic E-state index is -0.163.